The molecule has 13 nitrogen and oxygen atoms in total. The lowest BCUT2D eigenvalue weighted by Gasteiger charge is -2.43. The van der Waals surface area contributed by atoms with Crippen molar-refractivity contribution in [2.45, 2.75) is 71.7 Å². The van der Waals surface area contributed by atoms with Gasteiger partial charge in [0.15, 0.2) is 18.0 Å². The monoisotopic (exact) mass is 579 g/mol. The molecule has 1 aromatic heterocycles. The Bertz CT molecular complexity index is 1270. The fraction of sp³-hybridized carbons (Fsp3) is 0.462. The second-order valence-electron chi connectivity index (χ2n) is 8.82. The van der Waals surface area contributed by atoms with E-state index in [1.54, 1.807) is 5.38 Å². The van der Waals surface area contributed by atoms with E-state index in [0.717, 1.165) is 38.8 Å². The first-order valence-corrected chi connectivity index (χ1v) is 13.0. The minimum atomic E-state index is -1.49. The lowest BCUT2D eigenvalue weighted by atomic mass is 9.98. The number of ketones is 1. The molecule has 0 amide bonds. The maximum atomic E-state index is 12.7. The summed E-state index contributed by atoms with van der Waals surface area (Å²) >= 11 is 1.40. The molecule has 2 aromatic rings. The number of hydrogen-bond acceptors (Lipinski definition) is 14. The van der Waals surface area contributed by atoms with Crippen molar-refractivity contribution in [1.82, 2.24) is 4.98 Å². The van der Waals surface area contributed by atoms with Crippen LogP contribution in [-0.4, -0.2) is 77.1 Å². The number of hydrogen-bond donors (Lipinski definition) is 1. The molecule has 0 aliphatic carbocycles. The summed E-state index contributed by atoms with van der Waals surface area (Å²) in [5.74, 6) is -3.77. The van der Waals surface area contributed by atoms with E-state index in [0.29, 0.717) is 5.69 Å². The van der Waals surface area contributed by atoms with E-state index in [1.165, 1.54) is 23.5 Å². The smallest absolute Gasteiger partial charge is 0.303 e. The maximum Gasteiger partial charge on any atom is 0.303 e. The Kier molecular flexibility index (Phi) is 10.2. The molecule has 1 aliphatic rings. The normalized spacial score (nSPS) is 22.1. The Morgan fingerprint density at radius 3 is 2.10 bits per heavy atom. The molecule has 40 heavy (non-hydrogen) atoms. The van der Waals surface area contributed by atoms with E-state index < -0.39 is 61.2 Å². The number of aromatic nitrogens is 1. The van der Waals surface area contributed by atoms with Crippen LogP contribution in [0.15, 0.2) is 23.6 Å². The molecule has 0 unspecified atom stereocenters. The van der Waals surface area contributed by atoms with E-state index >= 15 is 0 Å². The van der Waals surface area contributed by atoms with Crippen molar-refractivity contribution in [2.24, 2.45) is 0 Å². The molecule has 0 spiro atoms. The number of Topliss-reactive ketones (excluding diaryl/α,β-unsaturated/α-hetero) is 1. The maximum absolute atomic E-state index is 12.7. The Morgan fingerprint density at radius 1 is 0.925 bits per heavy atom. The van der Waals surface area contributed by atoms with Gasteiger partial charge in [0.1, 0.15) is 24.2 Å². The summed E-state index contributed by atoms with van der Waals surface area (Å²) in [4.78, 5) is 64.2. The van der Waals surface area contributed by atoms with Gasteiger partial charge < -0.3 is 33.5 Å². The van der Waals surface area contributed by atoms with Crippen molar-refractivity contribution in [3.05, 3.63) is 39.8 Å². The largest absolute Gasteiger partial charge is 0.507 e. The number of ether oxygens (including phenoxy) is 6. The first-order valence-electron chi connectivity index (χ1n) is 12.1. The molecule has 1 N–H and O–H groups in total. The van der Waals surface area contributed by atoms with Gasteiger partial charge in [0, 0.05) is 39.1 Å². The molecule has 1 aromatic carbocycles. The van der Waals surface area contributed by atoms with Gasteiger partial charge in [-0.05, 0) is 19.1 Å². The molecular weight excluding hydrogens is 550 g/mol. The highest BCUT2D eigenvalue weighted by Gasteiger charge is 2.53. The van der Waals surface area contributed by atoms with Gasteiger partial charge >= 0.3 is 23.9 Å². The number of aryl methyl sites for hydroxylation is 1. The van der Waals surface area contributed by atoms with Crippen LogP contribution in [0.1, 0.15) is 48.8 Å². The zero-order valence-corrected chi connectivity index (χ0v) is 23.2. The molecule has 0 saturated carbocycles. The van der Waals surface area contributed by atoms with Gasteiger partial charge in [-0.1, -0.05) is 0 Å². The van der Waals surface area contributed by atoms with Crippen LogP contribution in [0.4, 0.5) is 0 Å². The fourth-order valence-corrected chi connectivity index (χ4v) is 4.60. The minimum Gasteiger partial charge on any atom is -0.507 e. The highest BCUT2D eigenvalue weighted by Crippen LogP contribution is 2.33. The lowest BCUT2D eigenvalue weighted by molar-refractivity contribution is -0.288. The zero-order valence-electron chi connectivity index (χ0n) is 22.4. The molecule has 3 rings (SSSR count). The number of rotatable bonds is 10. The van der Waals surface area contributed by atoms with Crippen LogP contribution in [0.5, 0.6) is 11.5 Å². The molecule has 1 saturated heterocycles. The van der Waals surface area contributed by atoms with Crippen LogP contribution < -0.4 is 4.74 Å². The molecule has 2 heterocycles. The first kappa shape index (κ1) is 30.5. The predicted octanol–water partition coefficient (Wildman–Crippen LogP) is 2.04. The average Bonchev–Trinajstić information content (AvgIpc) is 3.25. The Labute approximate surface area is 233 Å². The number of benzene rings is 1. The molecule has 5 atom stereocenters. The van der Waals surface area contributed by atoms with Gasteiger partial charge in [0.25, 0.3) is 0 Å². The Balaban J connectivity index is 1.91. The second-order valence-corrected chi connectivity index (χ2v) is 9.88. The second kappa shape index (κ2) is 13.3. The highest BCUT2D eigenvalue weighted by atomic mass is 32.1. The van der Waals surface area contributed by atoms with Gasteiger partial charge in [-0.3, -0.25) is 24.0 Å². The molecule has 1 fully saturated rings. The number of phenols is 1. The molecular formula is C26H29NO12S. The van der Waals surface area contributed by atoms with Crippen LogP contribution in [0.3, 0.4) is 0 Å². The van der Waals surface area contributed by atoms with Crippen molar-refractivity contribution in [3.63, 3.8) is 0 Å². The SMILES string of the molecule is CC(=O)OC[C@@H]1O[C@@H](Oc2ccc(C(=O)Cc3csc(C)n3)c(O)c2)[C@@H](OC(C)=O)[C@@H](OC(C)=O)[C@@H]1OC(C)=O. The van der Waals surface area contributed by atoms with Crippen LogP contribution in [-0.2, 0) is 49.3 Å². The van der Waals surface area contributed by atoms with E-state index in [9.17, 15) is 29.1 Å². The summed E-state index contributed by atoms with van der Waals surface area (Å²) < 4.78 is 32.8. The van der Waals surface area contributed by atoms with Crippen molar-refractivity contribution < 1.29 is 57.5 Å². The summed E-state index contributed by atoms with van der Waals surface area (Å²) in [6.45, 7) is 5.86. The van der Waals surface area contributed by atoms with Crippen LogP contribution in [0.25, 0.3) is 0 Å². The number of carbonyl (C=O) groups is 5. The Morgan fingerprint density at radius 2 is 1.55 bits per heavy atom. The molecule has 0 bridgehead atoms. The summed E-state index contributed by atoms with van der Waals surface area (Å²) in [5.41, 5.74) is 0.601. The quantitative estimate of drug-likeness (QED) is 0.246. The minimum absolute atomic E-state index is 0.000507. The molecule has 1 aliphatic heterocycles. The third kappa shape index (κ3) is 8.23. The van der Waals surface area contributed by atoms with Gasteiger partial charge in [0.05, 0.1) is 22.7 Å². The van der Waals surface area contributed by atoms with Crippen molar-refractivity contribution >= 4 is 41.0 Å². The van der Waals surface area contributed by atoms with Gasteiger partial charge in [-0.25, -0.2) is 4.98 Å². The topological polar surface area (TPSA) is 174 Å². The summed E-state index contributed by atoms with van der Waals surface area (Å²) in [6, 6.07) is 3.89. The summed E-state index contributed by atoms with van der Waals surface area (Å²) in [6.07, 6.45) is -6.91. The van der Waals surface area contributed by atoms with Crippen molar-refractivity contribution in [3.8, 4) is 11.5 Å². The number of carbonyl (C=O) groups excluding carboxylic acids is 5. The van der Waals surface area contributed by atoms with Gasteiger partial charge in [-0.15, -0.1) is 11.3 Å². The van der Waals surface area contributed by atoms with Crippen LogP contribution >= 0.6 is 11.3 Å². The number of thiazole rings is 1. The number of aromatic hydroxyl groups is 1. The number of phenolic OH excluding ortho intramolecular Hbond substituents is 1. The molecule has 14 heteroatoms. The van der Waals surface area contributed by atoms with Crippen molar-refractivity contribution in [2.75, 3.05) is 6.61 Å². The molecule has 0 radical (unpaired) electrons. The average molecular weight is 580 g/mol. The van der Waals surface area contributed by atoms with Gasteiger partial charge in [0.2, 0.25) is 12.4 Å². The zero-order chi connectivity index (χ0) is 29.6. The first-order chi connectivity index (χ1) is 18.8. The third-order valence-corrected chi connectivity index (χ3v) is 6.30. The van der Waals surface area contributed by atoms with Crippen LogP contribution in [0, 0.1) is 6.92 Å². The highest BCUT2D eigenvalue weighted by molar-refractivity contribution is 7.09. The number of nitrogens with zero attached hydrogens (tertiary/aromatic N) is 1. The predicted molar refractivity (Wildman–Crippen MR) is 136 cm³/mol. The summed E-state index contributed by atoms with van der Waals surface area (Å²) in [5, 5.41) is 13.1. The number of esters is 4. The van der Waals surface area contributed by atoms with E-state index in [4.69, 9.17) is 28.4 Å². The van der Waals surface area contributed by atoms with Gasteiger partial charge in [-0.2, -0.15) is 0 Å². The van der Waals surface area contributed by atoms with Crippen molar-refractivity contribution in [1.29, 1.82) is 0 Å². The fourth-order valence-electron chi connectivity index (χ4n) is 3.99. The lowest BCUT2D eigenvalue weighted by Crippen LogP contribution is -2.63. The molecule has 216 valence electrons. The standard InChI is InChI=1S/C26H29NO12S/c1-12-27-17(11-40-12)8-20(32)19-7-6-18(9-21(19)33)38-26-25(37-16(5)31)24(36-15(4)30)23(35-14(3)29)22(39-26)10-34-13(2)28/h6-7,9,11,22-26,33H,8,10H2,1-5H3/t22-,23+,24-,25-,26+/m0/s1. The van der Waals surface area contributed by atoms with Crippen LogP contribution in [0.2, 0.25) is 0 Å². The van der Waals surface area contributed by atoms with E-state index in [1.807, 2.05) is 6.92 Å². The summed E-state index contributed by atoms with van der Waals surface area (Å²) in [7, 11) is 0. The van der Waals surface area contributed by atoms with E-state index in [-0.39, 0.29) is 29.3 Å². The third-order valence-electron chi connectivity index (χ3n) is 5.48. The Hall–Kier alpha value is -4.04. The van der Waals surface area contributed by atoms with E-state index in [2.05, 4.69) is 4.98 Å².